The summed E-state index contributed by atoms with van der Waals surface area (Å²) in [6.07, 6.45) is 6.30. The monoisotopic (exact) mass is 1870 g/mol. The van der Waals surface area contributed by atoms with Crippen LogP contribution in [0.5, 0.6) is 0 Å². The van der Waals surface area contributed by atoms with Crippen molar-refractivity contribution < 1.29 is 39.3 Å². The molecule has 10 heteroatoms. The van der Waals surface area contributed by atoms with Gasteiger partial charge in [0.1, 0.15) is 46.2 Å². The van der Waals surface area contributed by atoms with E-state index in [1.165, 1.54) is 144 Å². The van der Waals surface area contributed by atoms with Crippen molar-refractivity contribution in [2.75, 3.05) is 0 Å². The lowest BCUT2D eigenvalue weighted by atomic mass is 9.60. The fourth-order valence-corrected chi connectivity index (χ4v) is 26.9. The van der Waals surface area contributed by atoms with E-state index in [9.17, 15) is 0 Å². The van der Waals surface area contributed by atoms with E-state index in [1.807, 2.05) is 64.6 Å². The van der Waals surface area contributed by atoms with Gasteiger partial charge in [-0.1, -0.05) is 357 Å². The zero-order chi connectivity index (χ0) is 110. The molecular formula is C131H141N10+5. The van der Waals surface area contributed by atoms with Gasteiger partial charge in [0.2, 0.25) is 0 Å². The van der Waals surface area contributed by atoms with E-state index in [2.05, 4.69) is 426 Å². The predicted octanol–water partition coefficient (Wildman–Crippen LogP) is 29.3. The van der Waals surface area contributed by atoms with Gasteiger partial charge in [-0.3, -0.25) is 0 Å². The van der Waals surface area contributed by atoms with E-state index >= 15 is 0 Å². The molecule has 710 valence electrons. The van der Waals surface area contributed by atoms with Gasteiger partial charge < -0.3 is 0 Å². The van der Waals surface area contributed by atoms with Gasteiger partial charge in [-0.15, -0.1) is 0 Å². The Bertz CT molecular complexity index is 9900. The van der Waals surface area contributed by atoms with Gasteiger partial charge in [0.25, 0.3) is 28.2 Å². The number of aryl methyl sites for hydroxylation is 14. The maximum absolute atomic E-state index is 8.54. The van der Waals surface area contributed by atoms with Crippen molar-refractivity contribution in [1.29, 1.82) is 0 Å². The van der Waals surface area contributed by atoms with Crippen molar-refractivity contribution in [1.82, 2.24) is 22.0 Å². The van der Waals surface area contributed by atoms with Crippen molar-refractivity contribution >= 4 is 137 Å². The van der Waals surface area contributed by atoms with Crippen molar-refractivity contribution in [3.05, 3.63) is 343 Å². The zero-order valence-corrected chi connectivity index (χ0v) is 88.0. The van der Waals surface area contributed by atoms with Crippen LogP contribution in [0.2, 0.25) is 0 Å². The standard InChI is InChI=1S/2C30H31N2.2C24H27N2.C23H25N2/c2*1-18-12-11-15-21-23-19(2)16-17-22-26(23)32-27(30(5,6)29(22,3)4)25(20-13-9-8-10-14-20)31(7)28(32)24(18)21;2*1-14-9-8-10-16-19-15(2)11-12-17-21(19)26-18(24(5,6)23(17,3)4)13-25(7)22(26)20(14)16;1-14-9-7-10-15-16-11-8-12-17-20(16)25-18(23(4,5)22(17,2)3)13-24(6)21(25)19(14)15/h2*8-17H,1-7H3;2*8-13H,1-7H3;7-13H,1-6H3/q5*+1/i2D3;;5D3;2D3;4D3. The minimum atomic E-state index is -2.21. The Morgan fingerprint density at radius 1 is 0.213 bits per heavy atom. The maximum Gasteiger partial charge on any atom is 0.295 e. The van der Waals surface area contributed by atoms with Crippen LogP contribution in [0.25, 0.3) is 159 Å². The minimum absolute atomic E-state index is 0.0196. The summed E-state index contributed by atoms with van der Waals surface area (Å²) >= 11 is 0. The average Bonchev–Trinajstić information content (AvgIpc) is 1.56. The van der Waals surface area contributed by atoms with E-state index in [1.54, 1.807) is 0 Å². The van der Waals surface area contributed by atoms with Gasteiger partial charge in [0, 0.05) is 163 Å². The van der Waals surface area contributed by atoms with E-state index < -0.39 is 49.1 Å². The van der Waals surface area contributed by atoms with Crippen LogP contribution < -0.4 is 22.8 Å². The molecule has 5 aliphatic rings. The van der Waals surface area contributed by atoms with E-state index in [-0.39, 0.29) is 32.5 Å². The summed E-state index contributed by atoms with van der Waals surface area (Å²) in [4.78, 5) is 0. The van der Waals surface area contributed by atoms with Crippen molar-refractivity contribution in [3.8, 4) is 22.5 Å². The molecule has 141 heavy (non-hydrogen) atoms. The Balaban J connectivity index is 0.000000104. The third-order valence-electron chi connectivity index (χ3n) is 37.6. The summed E-state index contributed by atoms with van der Waals surface area (Å²) in [6.45, 7) is 46.8. The second kappa shape index (κ2) is 29.7. The SMILES string of the molecule is Cc1ccc2c3c1c1cccc(C)c1c1n3c(c(-c3ccccc3)[n+]1C)C(C)(C)C2(C)C.[2H]C([2H])([2H])C1(C)c2c[n+](C)c3c4c(C)cccc4c4c(C)ccc(c4n23)C1(C)C.[2H]C([2H])([2H])C1(C)c2c[n+](C)c3c4c(C)cccc4c4cccc(c4n23)C1(C)C.[2H]C([2H])([2H])c1ccc2c3c1c1cccc(C)c1c1n3c(c(-c3ccccc3)[n+]1C)C(C)(C)C2(C)C.[2H]C([2H])([2H])c1ccc2c3c1c1cccc(C)c1c1n3c(c[n+]1C)C(C)(C)C2(C)C. The molecule has 2 atom stereocenters. The second-order valence-electron chi connectivity index (χ2n) is 46.9. The third kappa shape index (κ3) is 11.4. The molecular weight excluding hydrogens is 1710 g/mol. The average molecular weight is 1870 g/mol. The molecule has 22 aromatic rings. The Morgan fingerprint density at radius 3 is 0.809 bits per heavy atom. The molecule has 0 fully saturated rings. The molecule has 5 aliphatic heterocycles. The predicted molar refractivity (Wildman–Crippen MR) is 592 cm³/mol. The quantitative estimate of drug-likeness (QED) is 0.122. The van der Waals surface area contributed by atoms with Crippen LogP contribution in [0.3, 0.4) is 0 Å². The Hall–Kier alpha value is -13.3. The molecule has 0 aliphatic carbocycles. The number of aromatic nitrogens is 10. The molecule has 27 rings (SSSR count). The second-order valence-corrected chi connectivity index (χ2v) is 46.9. The molecule has 0 saturated heterocycles. The third-order valence-corrected chi connectivity index (χ3v) is 37.6. The lowest BCUT2D eigenvalue weighted by Gasteiger charge is -2.43. The summed E-state index contributed by atoms with van der Waals surface area (Å²) in [7, 11) is 10.6. The summed E-state index contributed by atoms with van der Waals surface area (Å²) in [6, 6.07) is 76.8. The lowest BCUT2D eigenvalue weighted by Crippen LogP contribution is -2.44. The first-order valence-electron chi connectivity index (χ1n) is 56.5. The first-order valence-corrected chi connectivity index (χ1v) is 50.5. The minimum Gasteiger partial charge on any atom is -0.232 e. The highest BCUT2D eigenvalue weighted by Gasteiger charge is 2.58. The molecule has 2 unspecified atom stereocenters. The van der Waals surface area contributed by atoms with Gasteiger partial charge in [-0.25, -0.2) is 22.8 Å². The number of pyridine rings is 5. The van der Waals surface area contributed by atoms with Crippen LogP contribution in [0.4, 0.5) is 0 Å². The number of rotatable bonds is 2. The van der Waals surface area contributed by atoms with Gasteiger partial charge in [-0.05, 0) is 112 Å². The maximum atomic E-state index is 8.54. The first kappa shape index (κ1) is 78.4. The van der Waals surface area contributed by atoms with Gasteiger partial charge >= 0.3 is 0 Å². The highest BCUT2D eigenvalue weighted by Crippen LogP contribution is 2.60. The Labute approximate surface area is 848 Å². The molecule has 12 aromatic carbocycles. The normalized spacial score (nSPS) is 20.1. The Kier molecular flexibility index (Phi) is 16.5. The molecule has 0 radical (unpaired) electrons. The van der Waals surface area contributed by atoms with Crippen LogP contribution in [0, 0.1) is 62.2 Å². The molecule has 0 spiro atoms. The van der Waals surface area contributed by atoms with Gasteiger partial charge in [-0.2, -0.15) is 22.0 Å². The Morgan fingerprint density at radius 2 is 0.468 bits per heavy atom. The fraction of sp³-hybridized carbons (Fsp3) is 0.336. The number of imidazole rings is 5. The number of benzene rings is 12. The number of fused-ring (bicyclic) bond motifs is 15. The van der Waals surface area contributed by atoms with Crippen molar-refractivity contribution in [3.63, 3.8) is 0 Å². The van der Waals surface area contributed by atoms with Crippen LogP contribution in [0.1, 0.15) is 261 Å². The van der Waals surface area contributed by atoms with Crippen LogP contribution in [-0.2, 0) is 89.4 Å². The largest absolute Gasteiger partial charge is 0.295 e. The highest BCUT2D eigenvalue weighted by molar-refractivity contribution is 6.20. The molecule has 0 amide bonds. The number of para-hydroxylation sites is 1. The summed E-state index contributed by atoms with van der Waals surface area (Å²) in [5.74, 6) is 0. The van der Waals surface area contributed by atoms with E-state index in [4.69, 9.17) is 16.4 Å². The van der Waals surface area contributed by atoms with E-state index in [0.717, 1.165) is 111 Å². The van der Waals surface area contributed by atoms with Gasteiger partial charge in [0.15, 0.2) is 39.9 Å². The summed E-state index contributed by atoms with van der Waals surface area (Å²) in [5, 5.41) is 17.4. The number of hydrogen-bond acceptors (Lipinski definition) is 0. The van der Waals surface area contributed by atoms with Crippen molar-refractivity contribution in [2.45, 2.75) is 255 Å². The van der Waals surface area contributed by atoms with Crippen molar-refractivity contribution in [2.24, 2.45) is 35.2 Å². The lowest BCUT2D eigenvalue weighted by molar-refractivity contribution is -0.644. The zero-order valence-electron chi connectivity index (χ0n) is 100.0. The van der Waals surface area contributed by atoms with Gasteiger partial charge in [0.05, 0.1) is 62.2 Å². The highest BCUT2D eigenvalue weighted by atomic mass is 15.2. The number of hydrogen-bond donors (Lipinski definition) is 0. The first-order chi connectivity index (χ1) is 71.4. The molecule has 15 heterocycles. The smallest absolute Gasteiger partial charge is 0.232 e. The van der Waals surface area contributed by atoms with Crippen LogP contribution in [0.15, 0.2) is 237 Å². The molecule has 0 N–H and O–H groups in total. The molecule has 0 bridgehead atoms. The number of nitrogens with zero attached hydrogens (tertiary/aromatic N) is 10. The van der Waals surface area contributed by atoms with Crippen LogP contribution in [-0.4, -0.2) is 22.0 Å². The summed E-state index contributed by atoms with van der Waals surface area (Å²) in [5.41, 5.74) is 33.6. The molecule has 10 nitrogen and oxygen atoms in total. The van der Waals surface area contributed by atoms with Crippen LogP contribution >= 0.6 is 0 Å². The fourth-order valence-electron chi connectivity index (χ4n) is 26.9. The van der Waals surface area contributed by atoms with E-state index in [0.29, 0.717) is 11.1 Å². The topological polar surface area (TPSA) is 41.4 Å². The molecule has 0 saturated carbocycles. The molecule has 10 aromatic heterocycles. The summed E-state index contributed by atoms with van der Waals surface area (Å²) < 4.78 is 124.